The molecular weight excluding hydrogens is 400 g/mol. The molecule has 0 fully saturated rings. The van der Waals surface area contributed by atoms with Crippen LogP contribution in [0.15, 0.2) is 53.9 Å². The minimum atomic E-state index is -0.178. The van der Waals surface area contributed by atoms with Gasteiger partial charge in [0, 0.05) is 24.3 Å². The molecule has 0 atom stereocenters. The van der Waals surface area contributed by atoms with Crippen LogP contribution in [0, 0.1) is 0 Å². The highest BCUT2D eigenvalue weighted by Crippen LogP contribution is 2.33. The van der Waals surface area contributed by atoms with Gasteiger partial charge in [0.05, 0.1) is 19.1 Å². The molecule has 1 N–H and O–H groups in total. The molecule has 30 heavy (non-hydrogen) atoms. The third-order valence-electron chi connectivity index (χ3n) is 5.12. The molecule has 2 amide bonds. The van der Waals surface area contributed by atoms with Crippen molar-refractivity contribution in [2.45, 2.75) is 13.0 Å². The number of anilines is 1. The van der Waals surface area contributed by atoms with Crippen molar-refractivity contribution in [2.24, 2.45) is 0 Å². The fourth-order valence-corrected chi connectivity index (χ4v) is 4.19. The Morgan fingerprint density at radius 2 is 1.77 bits per heavy atom. The summed E-state index contributed by atoms with van der Waals surface area (Å²) in [5, 5.41) is 4.71. The van der Waals surface area contributed by atoms with Crippen molar-refractivity contribution in [2.75, 3.05) is 26.1 Å². The van der Waals surface area contributed by atoms with Crippen LogP contribution in [-0.4, -0.2) is 37.5 Å². The maximum absolute atomic E-state index is 13.1. The first-order valence-corrected chi connectivity index (χ1v) is 10.4. The first kappa shape index (κ1) is 20.0. The van der Waals surface area contributed by atoms with Crippen LogP contribution in [0.5, 0.6) is 11.5 Å². The second-order valence-electron chi connectivity index (χ2n) is 6.96. The number of ether oxygens (including phenoxy) is 2. The van der Waals surface area contributed by atoms with Gasteiger partial charge in [-0.25, -0.2) is 0 Å². The Morgan fingerprint density at radius 3 is 2.47 bits per heavy atom. The topological polar surface area (TPSA) is 67.9 Å². The Kier molecular flexibility index (Phi) is 5.72. The molecule has 0 radical (unpaired) electrons. The van der Waals surface area contributed by atoms with Crippen LogP contribution in [0.25, 0.3) is 0 Å². The zero-order chi connectivity index (χ0) is 21.1. The predicted molar refractivity (Wildman–Crippen MR) is 117 cm³/mol. The summed E-state index contributed by atoms with van der Waals surface area (Å²) < 4.78 is 10.8. The Morgan fingerprint density at radius 1 is 1.00 bits per heavy atom. The number of fused-ring (bicyclic) bond motifs is 1. The van der Waals surface area contributed by atoms with E-state index in [1.165, 1.54) is 11.3 Å². The molecule has 0 unspecified atom stereocenters. The fourth-order valence-electron chi connectivity index (χ4n) is 3.57. The van der Waals surface area contributed by atoms with E-state index in [2.05, 4.69) is 5.32 Å². The number of amides is 2. The highest BCUT2D eigenvalue weighted by Gasteiger charge is 2.24. The number of methoxy groups -OCH3 is 2. The number of carbonyl (C=O) groups is 2. The van der Waals surface area contributed by atoms with Crippen LogP contribution in [0.1, 0.15) is 31.2 Å². The van der Waals surface area contributed by atoms with Crippen molar-refractivity contribution >= 4 is 28.8 Å². The smallest absolute Gasteiger partial charge is 0.265 e. The summed E-state index contributed by atoms with van der Waals surface area (Å²) in [6, 6.07) is 14.6. The van der Waals surface area contributed by atoms with Gasteiger partial charge in [0.1, 0.15) is 0 Å². The molecule has 6 nitrogen and oxygen atoms in total. The summed E-state index contributed by atoms with van der Waals surface area (Å²) in [4.78, 5) is 27.8. The molecule has 1 aliphatic heterocycles. The average molecular weight is 423 g/mol. The van der Waals surface area contributed by atoms with Crippen molar-refractivity contribution < 1.29 is 19.1 Å². The van der Waals surface area contributed by atoms with Crippen LogP contribution in [0.3, 0.4) is 0 Å². The van der Waals surface area contributed by atoms with Crippen molar-refractivity contribution in [1.29, 1.82) is 0 Å². The molecule has 7 heteroatoms. The van der Waals surface area contributed by atoms with Gasteiger partial charge in [-0.1, -0.05) is 12.1 Å². The molecule has 0 spiro atoms. The summed E-state index contributed by atoms with van der Waals surface area (Å²) in [6.07, 6.45) is 0.746. The number of nitrogens with one attached hydrogen (secondary N) is 1. The van der Waals surface area contributed by atoms with Crippen LogP contribution in [0.4, 0.5) is 5.69 Å². The van der Waals surface area contributed by atoms with Crippen molar-refractivity contribution in [1.82, 2.24) is 4.90 Å². The lowest BCUT2D eigenvalue weighted by Gasteiger charge is -2.30. The Bertz CT molecular complexity index is 1080. The van der Waals surface area contributed by atoms with Gasteiger partial charge in [0.2, 0.25) is 0 Å². The molecule has 4 rings (SSSR count). The maximum atomic E-state index is 13.1. The first-order chi connectivity index (χ1) is 14.6. The van der Waals surface area contributed by atoms with E-state index in [4.69, 9.17) is 9.47 Å². The van der Waals surface area contributed by atoms with E-state index in [0.717, 1.165) is 17.5 Å². The predicted octanol–water partition coefficient (Wildman–Crippen LogP) is 4.22. The third kappa shape index (κ3) is 4.02. The Hall–Kier alpha value is -3.32. The number of carbonyl (C=O) groups excluding carboxylic acids is 2. The molecular formula is C23H22N2O4S. The molecule has 1 aliphatic rings. The summed E-state index contributed by atoms with van der Waals surface area (Å²) >= 11 is 1.38. The number of hydrogen-bond acceptors (Lipinski definition) is 5. The summed E-state index contributed by atoms with van der Waals surface area (Å²) in [5.74, 6) is 1.11. The number of rotatable bonds is 5. The summed E-state index contributed by atoms with van der Waals surface area (Å²) in [6.45, 7) is 1.12. The van der Waals surface area contributed by atoms with Gasteiger partial charge in [-0.3, -0.25) is 9.59 Å². The molecule has 0 bridgehead atoms. The summed E-state index contributed by atoms with van der Waals surface area (Å²) in [5.41, 5.74) is 3.36. The average Bonchev–Trinajstić information content (AvgIpc) is 3.32. The second-order valence-corrected chi connectivity index (χ2v) is 7.91. The lowest BCUT2D eigenvalue weighted by atomic mass is 9.98. The summed E-state index contributed by atoms with van der Waals surface area (Å²) in [7, 11) is 3.22. The van der Waals surface area contributed by atoms with E-state index in [0.29, 0.717) is 40.7 Å². The number of benzene rings is 2. The first-order valence-electron chi connectivity index (χ1n) is 9.57. The second kappa shape index (κ2) is 8.59. The zero-order valence-corrected chi connectivity index (χ0v) is 17.6. The van der Waals surface area contributed by atoms with E-state index in [1.54, 1.807) is 44.6 Å². The third-order valence-corrected chi connectivity index (χ3v) is 5.99. The lowest BCUT2D eigenvalue weighted by Crippen LogP contribution is -2.36. The molecule has 0 saturated carbocycles. The maximum Gasteiger partial charge on any atom is 0.265 e. The van der Waals surface area contributed by atoms with Crippen molar-refractivity contribution in [3.8, 4) is 11.5 Å². The van der Waals surface area contributed by atoms with Gasteiger partial charge in [-0.2, -0.15) is 0 Å². The van der Waals surface area contributed by atoms with Gasteiger partial charge >= 0.3 is 0 Å². The number of hydrogen-bond donors (Lipinski definition) is 1. The minimum Gasteiger partial charge on any atom is -0.493 e. The van der Waals surface area contributed by atoms with E-state index < -0.39 is 0 Å². The Labute approximate surface area is 179 Å². The number of thiophene rings is 1. The SMILES string of the molecule is COc1cc2c(cc1OC)CN(C(=O)c1cccc(NC(=O)c3cccs3)c1)CC2. The van der Waals surface area contributed by atoms with Crippen molar-refractivity contribution in [3.05, 3.63) is 75.5 Å². The molecule has 0 aliphatic carbocycles. The molecule has 1 aromatic heterocycles. The molecule has 2 heterocycles. The quantitative estimate of drug-likeness (QED) is 0.669. The minimum absolute atomic E-state index is 0.0670. The van der Waals surface area contributed by atoms with Gasteiger partial charge < -0.3 is 19.7 Å². The van der Waals surface area contributed by atoms with Gasteiger partial charge in [0.25, 0.3) is 11.8 Å². The van der Waals surface area contributed by atoms with E-state index in [-0.39, 0.29) is 11.8 Å². The van der Waals surface area contributed by atoms with Gasteiger partial charge in [-0.15, -0.1) is 11.3 Å². The van der Waals surface area contributed by atoms with Crippen LogP contribution >= 0.6 is 11.3 Å². The van der Waals surface area contributed by atoms with E-state index >= 15 is 0 Å². The zero-order valence-electron chi connectivity index (χ0n) is 16.8. The van der Waals surface area contributed by atoms with Gasteiger partial charge in [0.15, 0.2) is 11.5 Å². The lowest BCUT2D eigenvalue weighted by molar-refractivity contribution is 0.0734. The van der Waals surface area contributed by atoms with E-state index in [1.807, 2.05) is 28.5 Å². The molecule has 3 aromatic rings. The molecule has 2 aromatic carbocycles. The number of nitrogens with zero attached hydrogens (tertiary/aromatic N) is 1. The highest BCUT2D eigenvalue weighted by atomic mass is 32.1. The van der Waals surface area contributed by atoms with Crippen LogP contribution in [0.2, 0.25) is 0 Å². The molecule has 0 saturated heterocycles. The van der Waals surface area contributed by atoms with Gasteiger partial charge in [-0.05, 0) is 59.3 Å². The fraction of sp³-hybridized carbons (Fsp3) is 0.217. The van der Waals surface area contributed by atoms with Crippen molar-refractivity contribution in [3.63, 3.8) is 0 Å². The van der Waals surface area contributed by atoms with E-state index in [9.17, 15) is 9.59 Å². The monoisotopic (exact) mass is 422 g/mol. The van der Waals surface area contributed by atoms with Crippen LogP contribution in [-0.2, 0) is 13.0 Å². The van der Waals surface area contributed by atoms with Crippen LogP contribution < -0.4 is 14.8 Å². The molecule has 154 valence electrons. The highest BCUT2D eigenvalue weighted by molar-refractivity contribution is 7.12. The standard InChI is InChI=1S/C23H22N2O4S/c1-28-19-12-15-8-9-25(14-17(15)13-20(19)29-2)23(27)16-5-3-6-18(11-16)24-22(26)21-7-4-10-30-21/h3-7,10-13H,8-9,14H2,1-2H3,(H,24,26). The normalized spacial score (nSPS) is 12.8. The Balaban J connectivity index is 1.51. The largest absolute Gasteiger partial charge is 0.493 e.